The average Bonchev–Trinajstić information content (AvgIpc) is 3.38. The van der Waals surface area contributed by atoms with Crippen LogP contribution in [-0.4, -0.2) is 87.5 Å². The Hall–Kier alpha value is -1.85. The number of aliphatic hydroxyl groups is 5. The molecule has 0 spiro atoms. The first-order chi connectivity index (χ1) is 35.3. The number of nitrogens with one attached hydrogen (secondary N) is 1. The van der Waals surface area contributed by atoms with Crippen LogP contribution in [0.15, 0.2) is 48.6 Å². The molecular formula is C63H117NO8. The van der Waals surface area contributed by atoms with Crippen molar-refractivity contribution in [1.29, 1.82) is 0 Å². The molecule has 0 bridgehead atoms. The molecule has 7 unspecified atom stereocenters. The first kappa shape index (κ1) is 68.2. The second-order valence-electron chi connectivity index (χ2n) is 21.5. The molecule has 6 N–H and O–H groups in total. The standard InChI is InChI=1S/C63H117NO8/c1-3-5-7-9-11-13-15-17-19-21-22-23-24-25-26-27-28-29-30-31-32-33-34-35-37-38-40-42-44-46-48-50-52-57(66)56(55-71-63-62(70)61(69)60(68)58(54-65)72-63)64-59(67)53-51-49-47-45-43-41-39-36-20-18-16-14-12-10-8-6-4-2/h6,8,12,14,18,20,50,52,56-58,60-63,65-66,68-70H,3-5,7,9-11,13,15-17,19,21-49,51,53-55H2,1-2H3,(H,64,67)/b8-6-,14-12-,20-18-,52-50+. The Labute approximate surface area is 444 Å². The van der Waals surface area contributed by atoms with Gasteiger partial charge in [-0.25, -0.2) is 0 Å². The van der Waals surface area contributed by atoms with Crippen LogP contribution in [0.4, 0.5) is 0 Å². The average molecular weight is 1020 g/mol. The number of amides is 1. The van der Waals surface area contributed by atoms with Crippen LogP contribution in [0.3, 0.4) is 0 Å². The van der Waals surface area contributed by atoms with E-state index in [0.717, 1.165) is 70.6 Å². The van der Waals surface area contributed by atoms with Gasteiger partial charge in [0.05, 0.1) is 25.4 Å². The Morgan fingerprint density at radius 2 is 0.861 bits per heavy atom. The maximum absolute atomic E-state index is 13.0. The van der Waals surface area contributed by atoms with E-state index >= 15 is 0 Å². The lowest BCUT2D eigenvalue weighted by molar-refractivity contribution is -0.302. The molecule has 1 aliphatic heterocycles. The zero-order valence-electron chi connectivity index (χ0n) is 46.9. The van der Waals surface area contributed by atoms with Gasteiger partial charge in [-0.1, -0.05) is 281 Å². The molecule has 1 saturated heterocycles. The van der Waals surface area contributed by atoms with Crippen molar-refractivity contribution in [2.75, 3.05) is 13.2 Å². The van der Waals surface area contributed by atoms with Crippen LogP contribution in [0.5, 0.6) is 0 Å². The molecule has 0 aliphatic carbocycles. The topological polar surface area (TPSA) is 149 Å². The fraction of sp³-hybridized carbons (Fsp3) is 0.857. The molecule has 422 valence electrons. The Morgan fingerprint density at radius 3 is 1.28 bits per heavy atom. The highest BCUT2D eigenvalue weighted by atomic mass is 16.7. The van der Waals surface area contributed by atoms with Crippen molar-refractivity contribution >= 4 is 5.91 Å². The minimum Gasteiger partial charge on any atom is -0.394 e. The van der Waals surface area contributed by atoms with E-state index in [1.54, 1.807) is 6.08 Å². The van der Waals surface area contributed by atoms with Crippen LogP contribution in [0.2, 0.25) is 0 Å². The summed E-state index contributed by atoms with van der Waals surface area (Å²) in [5.74, 6) is -0.185. The van der Waals surface area contributed by atoms with E-state index in [0.29, 0.717) is 6.42 Å². The van der Waals surface area contributed by atoms with Gasteiger partial charge in [-0.05, 0) is 51.4 Å². The van der Waals surface area contributed by atoms with Crippen LogP contribution >= 0.6 is 0 Å². The molecule has 0 aromatic rings. The molecule has 1 amide bonds. The number of hydrogen-bond donors (Lipinski definition) is 6. The molecule has 0 saturated carbocycles. The monoisotopic (exact) mass is 1020 g/mol. The quantitative estimate of drug-likeness (QED) is 0.0261. The fourth-order valence-electron chi connectivity index (χ4n) is 9.82. The number of ether oxygens (including phenoxy) is 2. The van der Waals surface area contributed by atoms with Crippen molar-refractivity contribution in [3.63, 3.8) is 0 Å². The Balaban J connectivity index is 2.15. The molecule has 1 heterocycles. The molecular weight excluding hydrogens is 899 g/mol. The molecule has 1 rings (SSSR count). The lowest BCUT2D eigenvalue weighted by Gasteiger charge is -2.40. The van der Waals surface area contributed by atoms with Crippen LogP contribution in [0.25, 0.3) is 0 Å². The van der Waals surface area contributed by atoms with Crippen LogP contribution in [0, 0.1) is 0 Å². The van der Waals surface area contributed by atoms with E-state index in [-0.39, 0.29) is 12.5 Å². The van der Waals surface area contributed by atoms with Gasteiger partial charge in [-0.3, -0.25) is 4.79 Å². The molecule has 7 atom stereocenters. The van der Waals surface area contributed by atoms with Crippen LogP contribution < -0.4 is 5.32 Å². The van der Waals surface area contributed by atoms with E-state index < -0.39 is 49.5 Å². The largest absolute Gasteiger partial charge is 0.394 e. The number of unbranched alkanes of at least 4 members (excludes halogenated alkanes) is 37. The lowest BCUT2D eigenvalue weighted by Crippen LogP contribution is -2.60. The fourth-order valence-corrected chi connectivity index (χ4v) is 9.82. The smallest absolute Gasteiger partial charge is 0.220 e. The second-order valence-corrected chi connectivity index (χ2v) is 21.5. The van der Waals surface area contributed by atoms with Gasteiger partial charge < -0.3 is 40.3 Å². The molecule has 9 nitrogen and oxygen atoms in total. The summed E-state index contributed by atoms with van der Waals surface area (Å²) in [5.41, 5.74) is 0. The summed E-state index contributed by atoms with van der Waals surface area (Å²) in [6, 6.07) is -0.812. The van der Waals surface area contributed by atoms with Crippen molar-refractivity contribution in [3.8, 4) is 0 Å². The number of rotatable bonds is 53. The highest BCUT2D eigenvalue weighted by Gasteiger charge is 2.44. The maximum atomic E-state index is 13.0. The number of carbonyl (C=O) groups is 1. The third kappa shape index (κ3) is 41.4. The first-order valence-corrected chi connectivity index (χ1v) is 30.9. The van der Waals surface area contributed by atoms with Gasteiger partial charge in [0, 0.05) is 6.42 Å². The Bertz CT molecular complexity index is 1270. The van der Waals surface area contributed by atoms with Gasteiger partial charge in [0.1, 0.15) is 24.4 Å². The summed E-state index contributed by atoms with van der Waals surface area (Å²) in [4.78, 5) is 13.0. The van der Waals surface area contributed by atoms with Crippen LogP contribution in [-0.2, 0) is 14.3 Å². The highest BCUT2D eigenvalue weighted by molar-refractivity contribution is 5.76. The normalized spacial score (nSPS) is 19.5. The van der Waals surface area contributed by atoms with E-state index in [9.17, 15) is 30.3 Å². The molecule has 1 fully saturated rings. The number of aliphatic hydroxyl groups excluding tert-OH is 5. The van der Waals surface area contributed by atoms with Crippen LogP contribution in [0.1, 0.15) is 290 Å². The zero-order chi connectivity index (χ0) is 52.2. The minimum atomic E-state index is -1.57. The Morgan fingerprint density at radius 1 is 0.486 bits per heavy atom. The van der Waals surface area contributed by atoms with Gasteiger partial charge in [0.2, 0.25) is 5.91 Å². The van der Waals surface area contributed by atoms with Crippen molar-refractivity contribution < 1.29 is 39.8 Å². The molecule has 0 aromatic heterocycles. The summed E-state index contributed by atoms with van der Waals surface area (Å²) in [6.07, 6.45) is 63.4. The summed E-state index contributed by atoms with van der Waals surface area (Å²) < 4.78 is 11.3. The molecule has 0 aromatic carbocycles. The van der Waals surface area contributed by atoms with Gasteiger partial charge in [-0.15, -0.1) is 0 Å². The molecule has 9 heteroatoms. The highest BCUT2D eigenvalue weighted by Crippen LogP contribution is 2.23. The second kappa shape index (κ2) is 52.6. The summed E-state index contributed by atoms with van der Waals surface area (Å²) >= 11 is 0. The SMILES string of the molecule is CC/C=C\C/C=C\C/C=C\CCCCCCCCCC(=O)NC(COC1OC(CO)C(O)C(O)C1O)C(O)/C=C/CCCCCCCCCCCCCCCCCCCCCCCCCCCCCCCC. The molecule has 1 aliphatic rings. The third-order valence-corrected chi connectivity index (χ3v) is 14.7. The zero-order valence-corrected chi connectivity index (χ0v) is 46.9. The van der Waals surface area contributed by atoms with E-state index in [2.05, 4.69) is 55.6 Å². The Kier molecular flexibility index (Phi) is 49.8. The van der Waals surface area contributed by atoms with Gasteiger partial charge in [0.15, 0.2) is 6.29 Å². The minimum absolute atomic E-state index is 0.185. The van der Waals surface area contributed by atoms with E-state index in [1.807, 2.05) is 6.08 Å². The summed E-state index contributed by atoms with van der Waals surface area (Å²) in [5, 5.41) is 54.6. The van der Waals surface area contributed by atoms with Gasteiger partial charge in [0.25, 0.3) is 0 Å². The maximum Gasteiger partial charge on any atom is 0.220 e. The summed E-state index contributed by atoms with van der Waals surface area (Å²) in [7, 11) is 0. The molecule has 0 radical (unpaired) electrons. The molecule has 72 heavy (non-hydrogen) atoms. The summed E-state index contributed by atoms with van der Waals surface area (Å²) in [6.45, 7) is 3.69. The first-order valence-electron chi connectivity index (χ1n) is 30.9. The van der Waals surface area contributed by atoms with Gasteiger partial charge >= 0.3 is 0 Å². The number of hydrogen-bond acceptors (Lipinski definition) is 8. The lowest BCUT2D eigenvalue weighted by atomic mass is 9.99. The number of allylic oxidation sites excluding steroid dienone is 7. The van der Waals surface area contributed by atoms with Crippen molar-refractivity contribution in [2.45, 2.75) is 333 Å². The van der Waals surface area contributed by atoms with Crippen molar-refractivity contribution in [1.82, 2.24) is 5.32 Å². The van der Waals surface area contributed by atoms with Crippen molar-refractivity contribution in [3.05, 3.63) is 48.6 Å². The predicted octanol–water partition coefficient (Wildman–Crippen LogP) is 15.7. The van der Waals surface area contributed by atoms with E-state index in [1.165, 1.54) is 199 Å². The van der Waals surface area contributed by atoms with E-state index in [4.69, 9.17) is 9.47 Å². The van der Waals surface area contributed by atoms with Crippen molar-refractivity contribution in [2.24, 2.45) is 0 Å². The van der Waals surface area contributed by atoms with Gasteiger partial charge in [-0.2, -0.15) is 0 Å². The predicted molar refractivity (Wildman–Crippen MR) is 304 cm³/mol. The number of carbonyl (C=O) groups excluding carboxylic acids is 1. The third-order valence-electron chi connectivity index (χ3n) is 14.7.